The Balaban J connectivity index is 1.74. The van der Waals surface area contributed by atoms with Crippen molar-refractivity contribution in [1.82, 2.24) is 4.72 Å². The summed E-state index contributed by atoms with van der Waals surface area (Å²) in [5.41, 5.74) is 2.17. The van der Waals surface area contributed by atoms with Crippen LogP contribution in [0.25, 0.3) is 0 Å². The number of esters is 1. The van der Waals surface area contributed by atoms with Crippen molar-refractivity contribution >= 4 is 55.3 Å². The molecule has 0 bridgehead atoms. The second kappa shape index (κ2) is 11.4. The molecule has 0 atom stereocenters. The van der Waals surface area contributed by atoms with E-state index in [1.165, 1.54) is 23.5 Å². The Morgan fingerprint density at radius 2 is 1.73 bits per heavy atom. The van der Waals surface area contributed by atoms with E-state index >= 15 is 0 Å². The van der Waals surface area contributed by atoms with E-state index in [0.717, 1.165) is 10.4 Å². The molecule has 2 aromatic carbocycles. The van der Waals surface area contributed by atoms with E-state index in [2.05, 4.69) is 15.4 Å². The normalized spacial score (nSPS) is 11.1. The van der Waals surface area contributed by atoms with Crippen molar-refractivity contribution in [3.63, 3.8) is 0 Å². The summed E-state index contributed by atoms with van der Waals surface area (Å²) in [6.07, 6.45) is 0.682. The molecule has 0 unspecified atom stereocenters. The molecule has 3 rings (SSSR count). The van der Waals surface area contributed by atoms with Crippen LogP contribution in [0.3, 0.4) is 0 Å². The molecule has 0 radical (unpaired) electrons. The summed E-state index contributed by atoms with van der Waals surface area (Å²) in [7, 11) is -3.52. The van der Waals surface area contributed by atoms with Crippen molar-refractivity contribution in [3.8, 4) is 0 Å². The number of thiophene rings is 1. The van der Waals surface area contributed by atoms with Gasteiger partial charge in [-0.1, -0.05) is 37.3 Å². The van der Waals surface area contributed by atoms with Crippen molar-refractivity contribution in [2.45, 2.75) is 25.2 Å². The van der Waals surface area contributed by atoms with E-state index in [1.807, 2.05) is 36.4 Å². The minimum Gasteiger partial charge on any atom is -0.462 e. The predicted molar refractivity (Wildman–Crippen MR) is 137 cm³/mol. The van der Waals surface area contributed by atoms with Gasteiger partial charge in [0.25, 0.3) is 0 Å². The van der Waals surface area contributed by atoms with Gasteiger partial charge in [-0.3, -0.25) is 0 Å². The van der Waals surface area contributed by atoms with Gasteiger partial charge in [0.2, 0.25) is 10.0 Å². The Kier molecular flexibility index (Phi) is 8.56. The highest BCUT2D eigenvalue weighted by molar-refractivity contribution is 7.89. The van der Waals surface area contributed by atoms with E-state index < -0.39 is 16.0 Å². The lowest BCUT2D eigenvalue weighted by Crippen LogP contribution is -2.23. The fourth-order valence-electron chi connectivity index (χ4n) is 3.04. The summed E-state index contributed by atoms with van der Waals surface area (Å²) >= 11 is 6.85. The number of hydrogen-bond donors (Lipinski definition) is 3. The van der Waals surface area contributed by atoms with E-state index in [4.69, 9.17) is 17.0 Å². The maximum atomic E-state index is 12.5. The molecular formula is C23H25N3O4S3. The van der Waals surface area contributed by atoms with Crippen LogP contribution in [0, 0.1) is 0 Å². The van der Waals surface area contributed by atoms with Gasteiger partial charge in [0, 0.05) is 23.5 Å². The molecule has 0 aliphatic carbocycles. The maximum Gasteiger partial charge on any atom is 0.341 e. The number of hydrogen-bond acceptors (Lipinski definition) is 6. The van der Waals surface area contributed by atoms with Gasteiger partial charge in [-0.2, -0.15) is 0 Å². The van der Waals surface area contributed by atoms with Crippen LogP contribution in [-0.4, -0.2) is 32.7 Å². The maximum absolute atomic E-state index is 12.5. The first-order valence-electron chi connectivity index (χ1n) is 10.3. The third-order valence-electron chi connectivity index (χ3n) is 4.48. The largest absolute Gasteiger partial charge is 0.462 e. The first-order chi connectivity index (χ1) is 15.8. The molecule has 1 aromatic heterocycles. The minimum absolute atomic E-state index is 0.169. The lowest BCUT2D eigenvalue weighted by atomic mass is 10.1. The van der Waals surface area contributed by atoms with E-state index in [-0.39, 0.29) is 16.6 Å². The summed E-state index contributed by atoms with van der Waals surface area (Å²) in [6, 6.07) is 18.0. The zero-order chi connectivity index (χ0) is 23.8. The SMILES string of the molecule is CCNS(=O)(=O)c1ccc(NC(=S)Nc2sc(Cc3ccccc3)cc2C(=O)OCC)cc1. The lowest BCUT2D eigenvalue weighted by Gasteiger charge is -2.11. The van der Waals surface area contributed by atoms with Gasteiger partial charge in [-0.05, 0) is 55.0 Å². The predicted octanol–water partition coefficient (Wildman–Crippen LogP) is 4.62. The number of carbonyl (C=O) groups is 1. The molecule has 0 saturated carbocycles. The number of rotatable bonds is 9. The van der Waals surface area contributed by atoms with Gasteiger partial charge in [0.1, 0.15) is 5.00 Å². The number of thiocarbonyl (C=S) groups is 1. The number of ether oxygens (including phenoxy) is 1. The monoisotopic (exact) mass is 503 g/mol. The summed E-state index contributed by atoms with van der Waals surface area (Å²) in [4.78, 5) is 13.6. The highest BCUT2D eigenvalue weighted by Crippen LogP contribution is 2.31. The Bertz CT molecular complexity index is 1210. The number of carbonyl (C=O) groups excluding carboxylic acids is 1. The smallest absolute Gasteiger partial charge is 0.341 e. The average molecular weight is 504 g/mol. The van der Waals surface area contributed by atoms with Crippen molar-refractivity contribution in [2.75, 3.05) is 23.8 Å². The van der Waals surface area contributed by atoms with Gasteiger partial charge < -0.3 is 15.4 Å². The molecule has 0 aliphatic heterocycles. The first kappa shape index (κ1) is 24.8. The summed E-state index contributed by atoms with van der Waals surface area (Å²) in [5.74, 6) is -0.420. The topological polar surface area (TPSA) is 96.5 Å². The number of anilines is 2. The molecule has 10 heteroatoms. The summed E-state index contributed by atoms with van der Waals surface area (Å²) < 4.78 is 31.8. The van der Waals surface area contributed by atoms with Crippen LogP contribution >= 0.6 is 23.6 Å². The van der Waals surface area contributed by atoms with Crippen molar-refractivity contribution < 1.29 is 17.9 Å². The average Bonchev–Trinajstić information content (AvgIpc) is 3.17. The zero-order valence-corrected chi connectivity index (χ0v) is 20.7. The fraction of sp³-hybridized carbons (Fsp3) is 0.217. The first-order valence-corrected chi connectivity index (χ1v) is 13.0. The number of nitrogens with one attached hydrogen (secondary N) is 3. The van der Waals surface area contributed by atoms with Crippen LogP contribution in [0.2, 0.25) is 0 Å². The lowest BCUT2D eigenvalue weighted by molar-refractivity contribution is 0.0528. The van der Waals surface area contributed by atoms with E-state index in [1.54, 1.807) is 26.0 Å². The molecule has 1 heterocycles. The molecule has 0 aliphatic rings. The molecule has 3 aromatic rings. The van der Waals surface area contributed by atoms with Crippen LogP contribution in [-0.2, 0) is 21.2 Å². The molecule has 0 amide bonds. The molecule has 174 valence electrons. The molecule has 7 nitrogen and oxygen atoms in total. The van der Waals surface area contributed by atoms with Crippen LogP contribution in [0.5, 0.6) is 0 Å². The third kappa shape index (κ3) is 6.84. The molecular weight excluding hydrogens is 478 g/mol. The molecule has 3 N–H and O–H groups in total. The Hall–Kier alpha value is -2.79. The Labute approximate surface area is 203 Å². The number of benzene rings is 2. The Morgan fingerprint density at radius 3 is 2.36 bits per heavy atom. The van der Waals surface area contributed by atoms with E-state index in [9.17, 15) is 13.2 Å². The molecule has 0 fully saturated rings. The van der Waals surface area contributed by atoms with Crippen molar-refractivity contribution in [1.29, 1.82) is 0 Å². The second-order valence-corrected chi connectivity index (χ2v) is 10.3. The highest BCUT2D eigenvalue weighted by Gasteiger charge is 2.19. The van der Waals surface area contributed by atoms with Crippen LogP contribution < -0.4 is 15.4 Å². The van der Waals surface area contributed by atoms with Crippen LogP contribution in [0.4, 0.5) is 10.7 Å². The highest BCUT2D eigenvalue weighted by atomic mass is 32.2. The summed E-state index contributed by atoms with van der Waals surface area (Å²) in [6.45, 7) is 4.06. The number of sulfonamides is 1. The minimum atomic E-state index is -3.52. The van der Waals surface area contributed by atoms with Crippen molar-refractivity contribution in [3.05, 3.63) is 76.7 Å². The zero-order valence-electron chi connectivity index (χ0n) is 18.3. The standard InChI is InChI=1S/C23H25N3O4S3/c1-3-24-33(28,29)19-12-10-17(11-13-19)25-23(31)26-21-20(22(27)30-4-2)15-18(32-21)14-16-8-6-5-7-9-16/h5-13,15,24H,3-4,14H2,1-2H3,(H2,25,26,31). The van der Waals surface area contributed by atoms with Gasteiger partial charge in [-0.25, -0.2) is 17.9 Å². The van der Waals surface area contributed by atoms with Crippen LogP contribution in [0.1, 0.15) is 34.6 Å². The van der Waals surface area contributed by atoms with Gasteiger partial charge in [0.15, 0.2) is 5.11 Å². The van der Waals surface area contributed by atoms with Gasteiger partial charge in [0.05, 0.1) is 17.1 Å². The van der Waals surface area contributed by atoms with Crippen molar-refractivity contribution in [2.24, 2.45) is 0 Å². The van der Waals surface area contributed by atoms with E-state index in [0.29, 0.717) is 29.2 Å². The third-order valence-corrected chi connectivity index (χ3v) is 7.30. The van der Waals surface area contributed by atoms with Gasteiger partial charge >= 0.3 is 5.97 Å². The van der Waals surface area contributed by atoms with Gasteiger partial charge in [-0.15, -0.1) is 11.3 Å². The quantitative estimate of drug-likeness (QED) is 0.290. The molecule has 0 spiro atoms. The molecule has 33 heavy (non-hydrogen) atoms. The Morgan fingerprint density at radius 1 is 1.03 bits per heavy atom. The van der Waals surface area contributed by atoms with Crippen LogP contribution in [0.15, 0.2) is 65.6 Å². The summed E-state index contributed by atoms with van der Waals surface area (Å²) in [5, 5.41) is 6.96. The second-order valence-electron chi connectivity index (χ2n) is 6.94. The fourth-order valence-corrected chi connectivity index (χ4v) is 5.44. The molecule has 0 saturated heterocycles.